The van der Waals surface area contributed by atoms with E-state index < -0.39 is 0 Å². The van der Waals surface area contributed by atoms with Crippen molar-refractivity contribution >= 4 is 34.8 Å². The van der Waals surface area contributed by atoms with Gasteiger partial charge >= 0.3 is 0 Å². The quantitative estimate of drug-likeness (QED) is 0.892. The molecule has 0 aliphatic carbocycles. The van der Waals surface area contributed by atoms with Crippen LogP contribution < -0.4 is 11.1 Å². The number of rotatable bonds is 4. The van der Waals surface area contributed by atoms with Gasteiger partial charge in [0.15, 0.2) is 0 Å². The van der Waals surface area contributed by atoms with Crippen LogP contribution in [0.4, 0.5) is 5.69 Å². The molecule has 0 aromatic heterocycles. The first-order chi connectivity index (χ1) is 10.0. The van der Waals surface area contributed by atoms with Gasteiger partial charge in [-0.25, -0.2) is 0 Å². The van der Waals surface area contributed by atoms with Gasteiger partial charge in [0.2, 0.25) is 5.91 Å². The van der Waals surface area contributed by atoms with Crippen molar-refractivity contribution in [2.75, 3.05) is 31.5 Å². The van der Waals surface area contributed by atoms with Crippen LogP contribution in [0.25, 0.3) is 0 Å². The van der Waals surface area contributed by atoms with Crippen LogP contribution in [0.2, 0.25) is 10.0 Å². The van der Waals surface area contributed by atoms with Gasteiger partial charge in [0.25, 0.3) is 0 Å². The predicted molar refractivity (Wildman–Crippen MR) is 88.0 cm³/mol. The molecular formula is C15H21Cl2N3O. The molecule has 0 bridgehead atoms. The third-order valence-electron chi connectivity index (χ3n) is 3.96. The number of piperidine rings is 1. The second-order valence-corrected chi connectivity index (χ2v) is 6.34. The Balaban J connectivity index is 1.92. The molecule has 21 heavy (non-hydrogen) atoms. The van der Waals surface area contributed by atoms with E-state index >= 15 is 0 Å². The molecule has 0 spiro atoms. The van der Waals surface area contributed by atoms with Crippen LogP contribution in [-0.4, -0.2) is 37.0 Å². The van der Waals surface area contributed by atoms with Crippen LogP contribution >= 0.6 is 23.2 Å². The average Bonchev–Trinajstić information content (AvgIpc) is 2.48. The number of carbonyl (C=O) groups excluding carboxylic acids is 1. The predicted octanol–water partition coefficient (Wildman–Crippen LogP) is 2.91. The van der Waals surface area contributed by atoms with E-state index in [9.17, 15) is 4.79 Å². The number of hydrogen-bond acceptors (Lipinski definition) is 3. The lowest BCUT2D eigenvalue weighted by atomic mass is 9.97. The molecule has 4 nitrogen and oxygen atoms in total. The smallest absolute Gasteiger partial charge is 0.238 e. The highest BCUT2D eigenvalue weighted by atomic mass is 35.5. The van der Waals surface area contributed by atoms with Gasteiger partial charge in [0, 0.05) is 0 Å². The molecule has 1 fully saturated rings. The highest BCUT2D eigenvalue weighted by molar-refractivity contribution is 6.40. The maximum Gasteiger partial charge on any atom is 0.238 e. The highest BCUT2D eigenvalue weighted by Crippen LogP contribution is 2.32. The molecule has 0 saturated carbocycles. The van der Waals surface area contributed by atoms with Crippen molar-refractivity contribution in [3.05, 3.63) is 27.7 Å². The van der Waals surface area contributed by atoms with Gasteiger partial charge in [-0.05, 0) is 56.9 Å². The Kier molecular flexibility index (Phi) is 5.88. The van der Waals surface area contributed by atoms with Crippen LogP contribution in [0.3, 0.4) is 0 Å². The second kappa shape index (κ2) is 7.45. The summed E-state index contributed by atoms with van der Waals surface area (Å²) in [5.74, 6) is 0.501. The monoisotopic (exact) mass is 329 g/mol. The Morgan fingerprint density at radius 3 is 2.67 bits per heavy atom. The summed E-state index contributed by atoms with van der Waals surface area (Å²) in [6.45, 7) is 4.79. The molecule has 0 unspecified atom stereocenters. The second-order valence-electron chi connectivity index (χ2n) is 5.56. The lowest BCUT2D eigenvalue weighted by molar-refractivity contribution is -0.117. The van der Waals surface area contributed by atoms with E-state index in [4.69, 9.17) is 28.9 Å². The Hall–Kier alpha value is -0.810. The fourth-order valence-corrected chi connectivity index (χ4v) is 3.00. The fourth-order valence-electron chi connectivity index (χ4n) is 2.53. The van der Waals surface area contributed by atoms with E-state index in [0.717, 1.165) is 38.0 Å². The minimum absolute atomic E-state index is 0.0874. The third kappa shape index (κ3) is 4.33. The molecule has 1 aromatic carbocycles. The number of nitrogens with zero attached hydrogens (tertiary/aromatic N) is 1. The van der Waals surface area contributed by atoms with Crippen molar-refractivity contribution in [2.45, 2.75) is 19.8 Å². The molecule has 2 rings (SSSR count). The maximum absolute atomic E-state index is 12.2. The maximum atomic E-state index is 12.2. The number of aryl methyl sites for hydroxylation is 1. The molecule has 1 aliphatic rings. The van der Waals surface area contributed by atoms with E-state index in [1.807, 2.05) is 13.0 Å². The Bertz CT molecular complexity index is 514. The minimum atomic E-state index is -0.0874. The topological polar surface area (TPSA) is 58.4 Å². The molecule has 1 heterocycles. The number of nitrogens with two attached hydrogens (primary N) is 1. The van der Waals surface area contributed by atoms with Crippen LogP contribution in [0.15, 0.2) is 12.1 Å². The largest absolute Gasteiger partial charge is 0.330 e. The molecule has 0 atom stereocenters. The number of amides is 1. The van der Waals surface area contributed by atoms with Gasteiger partial charge in [-0.3, -0.25) is 9.69 Å². The zero-order chi connectivity index (χ0) is 15.4. The van der Waals surface area contributed by atoms with Crippen molar-refractivity contribution < 1.29 is 4.79 Å². The van der Waals surface area contributed by atoms with Gasteiger partial charge in [-0.15, -0.1) is 0 Å². The lowest BCUT2D eigenvalue weighted by Crippen LogP contribution is -2.40. The molecule has 1 aliphatic heterocycles. The number of nitrogens with one attached hydrogen (secondary N) is 1. The molecule has 1 aromatic rings. The first-order valence-electron chi connectivity index (χ1n) is 7.18. The van der Waals surface area contributed by atoms with Crippen molar-refractivity contribution in [3.63, 3.8) is 0 Å². The van der Waals surface area contributed by atoms with Gasteiger partial charge in [0.1, 0.15) is 0 Å². The summed E-state index contributed by atoms with van der Waals surface area (Å²) in [7, 11) is 0. The number of hydrogen-bond donors (Lipinski definition) is 2. The van der Waals surface area contributed by atoms with Gasteiger partial charge in [-0.1, -0.05) is 29.3 Å². The number of halogens is 2. The molecule has 1 amide bonds. The van der Waals surface area contributed by atoms with E-state index in [1.165, 1.54) is 0 Å². The average molecular weight is 330 g/mol. The summed E-state index contributed by atoms with van der Waals surface area (Å²) in [5, 5.41) is 3.78. The van der Waals surface area contributed by atoms with Gasteiger partial charge in [-0.2, -0.15) is 0 Å². The molecule has 6 heteroatoms. The normalized spacial score (nSPS) is 17.0. The highest BCUT2D eigenvalue weighted by Gasteiger charge is 2.20. The van der Waals surface area contributed by atoms with Crippen LogP contribution in [0, 0.1) is 12.8 Å². The summed E-state index contributed by atoms with van der Waals surface area (Å²) in [4.78, 5) is 14.3. The molecular weight excluding hydrogens is 309 g/mol. The van der Waals surface area contributed by atoms with Crippen LogP contribution in [0.5, 0.6) is 0 Å². The van der Waals surface area contributed by atoms with Crippen molar-refractivity contribution in [3.8, 4) is 0 Å². The number of likely N-dealkylation sites (tertiary alicyclic amines) is 1. The summed E-state index contributed by atoms with van der Waals surface area (Å²) in [6, 6.07) is 3.57. The van der Waals surface area contributed by atoms with Crippen LogP contribution in [-0.2, 0) is 4.79 Å². The molecule has 3 N–H and O–H groups in total. The number of carbonyl (C=O) groups is 1. The zero-order valence-corrected chi connectivity index (χ0v) is 13.7. The van der Waals surface area contributed by atoms with Gasteiger partial charge in [0.05, 0.1) is 22.3 Å². The third-order valence-corrected chi connectivity index (χ3v) is 4.76. The minimum Gasteiger partial charge on any atom is -0.330 e. The standard InChI is InChI=1S/C15H21Cl2N3O/c1-10-2-3-12(16)15(14(10)17)19-13(21)9-20-6-4-11(8-18)5-7-20/h2-3,11H,4-9,18H2,1H3,(H,19,21). The molecule has 1 saturated heterocycles. The van der Waals surface area contributed by atoms with E-state index in [-0.39, 0.29) is 5.91 Å². The Morgan fingerprint density at radius 2 is 2.05 bits per heavy atom. The SMILES string of the molecule is Cc1ccc(Cl)c(NC(=O)CN2CCC(CN)CC2)c1Cl. The summed E-state index contributed by atoms with van der Waals surface area (Å²) < 4.78 is 0. The fraction of sp³-hybridized carbons (Fsp3) is 0.533. The van der Waals surface area contributed by atoms with Crippen molar-refractivity contribution in [1.82, 2.24) is 4.90 Å². The number of anilines is 1. The summed E-state index contributed by atoms with van der Waals surface area (Å²) in [6.07, 6.45) is 2.10. The van der Waals surface area contributed by atoms with Gasteiger partial charge < -0.3 is 11.1 Å². The zero-order valence-electron chi connectivity index (χ0n) is 12.2. The van der Waals surface area contributed by atoms with Crippen molar-refractivity contribution in [2.24, 2.45) is 11.7 Å². The Labute approximate surface area is 135 Å². The van der Waals surface area contributed by atoms with E-state index in [1.54, 1.807) is 6.07 Å². The van der Waals surface area contributed by atoms with Crippen molar-refractivity contribution in [1.29, 1.82) is 0 Å². The molecule has 116 valence electrons. The molecule has 0 radical (unpaired) electrons. The summed E-state index contributed by atoms with van der Waals surface area (Å²) in [5.41, 5.74) is 7.06. The lowest BCUT2D eigenvalue weighted by Gasteiger charge is -2.30. The summed E-state index contributed by atoms with van der Waals surface area (Å²) >= 11 is 12.3. The Morgan fingerprint density at radius 1 is 1.38 bits per heavy atom. The first-order valence-corrected chi connectivity index (χ1v) is 7.93. The first kappa shape index (κ1) is 16.6. The van der Waals surface area contributed by atoms with E-state index in [0.29, 0.717) is 28.2 Å². The van der Waals surface area contributed by atoms with Crippen LogP contribution in [0.1, 0.15) is 18.4 Å². The van der Waals surface area contributed by atoms with E-state index in [2.05, 4.69) is 10.2 Å². The number of benzene rings is 1.